The predicted molar refractivity (Wildman–Crippen MR) is 23.3 cm³/mol. The molecule has 0 rings (SSSR count). The molecule has 0 atom stereocenters. The number of nitrogens with one attached hydrogen (secondary N) is 1. The third kappa shape index (κ3) is 3.06. The highest BCUT2D eigenvalue weighted by molar-refractivity contribution is 5.92. The van der Waals surface area contributed by atoms with Crippen LogP contribution in [0.1, 0.15) is 13.3 Å². The normalized spacial score (nSPS) is 7.62. The standard InChI is InChI=1S/C4H6N2O2/c1-3(6-5)2-4(7)8/h5H,2H2,1H3. The van der Waals surface area contributed by atoms with E-state index in [2.05, 4.69) is 4.79 Å². The maximum absolute atomic E-state index is 9.69. The fraction of sp³-hybridized carbons (Fsp3) is 0.500. The Morgan fingerprint density at radius 2 is 2.38 bits per heavy atom. The van der Waals surface area contributed by atoms with Crippen LogP contribution in [-0.4, -0.2) is 16.5 Å². The molecule has 0 aromatic rings. The molecule has 0 fully saturated rings. The van der Waals surface area contributed by atoms with Gasteiger partial charge in [-0.1, -0.05) is 0 Å². The average Bonchev–Trinajstić information content (AvgIpc) is 1.65. The van der Waals surface area contributed by atoms with E-state index in [1.165, 1.54) is 6.92 Å². The van der Waals surface area contributed by atoms with E-state index < -0.39 is 5.97 Å². The zero-order valence-corrected chi connectivity index (χ0v) is 4.47. The first-order valence-corrected chi connectivity index (χ1v) is 2.06. The number of nitrogens with zero attached hydrogens (tertiary/aromatic N) is 1. The molecule has 1 N–H and O–H groups in total. The number of carbonyl (C=O) groups is 1. The molecule has 0 amide bonds. The molecule has 4 nitrogen and oxygen atoms in total. The monoisotopic (exact) mass is 114 g/mol. The maximum atomic E-state index is 9.69. The van der Waals surface area contributed by atoms with Crippen molar-refractivity contribution in [2.75, 3.05) is 0 Å². The van der Waals surface area contributed by atoms with Crippen LogP contribution in [0.2, 0.25) is 0 Å². The Morgan fingerprint density at radius 1 is 1.88 bits per heavy atom. The van der Waals surface area contributed by atoms with Crippen LogP contribution in [-0.2, 0) is 4.79 Å². The van der Waals surface area contributed by atoms with Gasteiger partial charge in [0.15, 0.2) is 0 Å². The van der Waals surface area contributed by atoms with Crippen LogP contribution < -0.4 is 5.11 Å². The highest BCUT2D eigenvalue weighted by atomic mass is 16.4. The van der Waals surface area contributed by atoms with Gasteiger partial charge in [-0.05, 0) is 0 Å². The Labute approximate surface area is 46.4 Å². The summed E-state index contributed by atoms with van der Waals surface area (Å²) in [6.07, 6.45) is -0.247. The molecule has 0 aromatic heterocycles. The van der Waals surface area contributed by atoms with E-state index in [9.17, 15) is 9.90 Å². The third-order valence-corrected chi connectivity index (χ3v) is 0.591. The molecule has 0 aliphatic rings. The topological polar surface area (TPSA) is 78.1 Å². The molecule has 0 unspecified atom stereocenters. The lowest BCUT2D eigenvalue weighted by atomic mass is 10.3. The third-order valence-electron chi connectivity index (χ3n) is 0.591. The zero-order chi connectivity index (χ0) is 6.57. The van der Waals surface area contributed by atoms with Gasteiger partial charge in [-0.3, -0.25) is 0 Å². The van der Waals surface area contributed by atoms with Gasteiger partial charge in [-0.15, -0.1) is 0 Å². The molecule has 0 heterocycles. The Bertz CT molecular complexity index is 146. The van der Waals surface area contributed by atoms with Gasteiger partial charge in [-0.2, -0.15) is 0 Å². The second kappa shape index (κ2) is 2.93. The van der Waals surface area contributed by atoms with E-state index in [-0.39, 0.29) is 12.1 Å². The molecule has 8 heavy (non-hydrogen) atoms. The summed E-state index contributed by atoms with van der Waals surface area (Å²) in [6, 6.07) is 0. The zero-order valence-electron chi connectivity index (χ0n) is 4.47. The smallest absolute Gasteiger partial charge is 0.320 e. The molecule has 0 aliphatic carbocycles. The predicted octanol–water partition coefficient (Wildman–Crippen LogP) is -1.17. The van der Waals surface area contributed by atoms with Crippen molar-refractivity contribution in [1.29, 1.82) is 5.53 Å². The summed E-state index contributed by atoms with van der Waals surface area (Å²) in [5.74, 6) is -1.20. The molecule has 44 valence electrons. The number of carboxylic acids is 1. The fourth-order valence-electron chi connectivity index (χ4n) is 0.248. The van der Waals surface area contributed by atoms with Crippen molar-refractivity contribution >= 4 is 11.7 Å². The summed E-state index contributed by atoms with van der Waals surface area (Å²) in [5, 5.41) is 9.69. The molecular weight excluding hydrogens is 108 g/mol. The van der Waals surface area contributed by atoms with Gasteiger partial charge in [0.1, 0.15) is 0 Å². The summed E-state index contributed by atoms with van der Waals surface area (Å²) in [7, 11) is 0. The summed E-state index contributed by atoms with van der Waals surface area (Å²) in [6.45, 7) is 1.46. The number of carboxylic acid groups (broad SMARTS) is 1. The van der Waals surface area contributed by atoms with Crippen LogP contribution >= 0.6 is 0 Å². The highest BCUT2D eigenvalue weighted by Gasteiger charge is 1.99. The molecule has 0 aromatic carbocycles. The molecule has 0 aliphatic heterocycles. The average molecular weight is 114 g/mol. The first-order valence-electron chi connectivity index (χ1n) is 2.06. The maximum Gasteiger partial charge on any atom is 0.320 e. The molecule has 0 saturated heterocycles. The lowest BCUT2D eigenvalue weighted by molar-refractivity contribution is -0.304. The van der Waals surface area contributed by atoms with Crippen LogP contribution in [0.3, 0.4) is 0 Å². The van der Waals surface area contributed by atoms with Crippen molar-refractivity contribution in [3.63, 3.8) is 0 Å². The van der Waals surface area contributed by atoms with Crippen LogP contribution in [0.25, 0.3) is 0 Å². The van der Waals surface area contributed by atoms with Crippen molar-refractivity contribution in [2.45, 2.75) is 13.3 Å². The molecule has 0 radical (unpaired) electrons. The van der Waals surface area contributed by atoms with E-state index in [1.807, 2.05) is 0 Å². The van der Waals surface area contributed by atoms with Crippen molar-refractivity contribution < 1.29 is 14.7 Å². The van der Waals surface area contributed by atoms with Gasteiger partial charge in [-0.25, -0.2) is 0 Å². The van der Waals surface area contributed by atoms with Gasteiger partial charge in [0.05, 0.1) is 17.9 Å². The first-order chi connectivity index (χ1) is 3.66. The summed E-state index contributed by atoms with van der Waals surface area (Å²) in [5.41, 5.74) is 6.55. The number of rotatable bonds is 2. The Morgan fingerprint density at radius 3 is 2.50 bits per heavy atom. The van der Waals surface area contributed by atoms with Crippen molar-refractivity contribution in [2.24, 2.45) is 0 Å². The first kappa shape index (κ1) is 6.85. The van der Waals surface area contributed by atoms with E-state index in [1.54, 1.807) is 0 Å². The van der Waals surface area contributed by atoms with Crippen molar-refractivity contribution in [1.82, 2.24) is 0 Å². The van der Waals surface area contributed by atoms with Gasteiger partial charge < -0.3 is 9.90 Å². The minimum Gasteiger partial charge on any atom is -0.550 e. The Hall–Kier alpha value is -1.15. The van der Waals surface area contributed by atoms with Crippen LogP contribution in [0, 0.1) is 5.53 Å². The summed E-state index contributed by atoms with van der Waals surface area (Å²) < 4.78 is 0. The minimum atomic E-state index is -1.20. The summed E-state index contributed by atoms with van der Waals surface area (Å²) >= 11 is 0. The SMILES string of the molecule is CC(CC(=O)[O-])=[N+]=N. The van der Waals surface area contributed by atoms with Crippen molar-refractivity contribution in [3.05, 3.63) is 0 Å². The molecule has 0 bridgehead atoms. The lowest BCUT2D eigenvalue weighted by Gasteiger charge is -1.88. The number of aliphatic carboxylic acids is 1. The van der Waals surface area contributed by atoms with E-state index in [4.69, 9.17) is 5.53 Å². The molecule has 4 heteroatoms. The van der Waals surface area contributed by atoms with Crippen molar-refractivity contribution in [3.8, 4) is 0 Å². The lowest BCUT2D eigenvalue weighted by Crippen LogP contribution is -2.24. The number of hydrogen-bond donors (Lipinski definition) is 1. The largest absolute Gasteiger partial charge is 0.550 e. The second-order valence-corrected chi connectivity index (χ2v) is 1.40. The molecular formula is C4H6N2O2. The summed E-state index contributed by atoms with van der Waals surface area (Å²) in [4.78, 5) is 12.6. The van der Waals surface area contributed by atoms with E-state index >= 15 is 0 Å². The fourth-order valence-corrected chi connectivity index (χ4v) is 0.248. The quantitative estimate of drug-likeness (QED) is 0.279. The molecule has 0 spiro atoms. The second-order valence-electron chi connectivity index (χ2n) is 1.40. The Kier molecular flexibility index (Phi) is 2.51. The van der Waals surface area contributed by atoms with E-state index in [0.717, 1.165) is 0 Å². The molecule has 0 saturated carbocycles. The van der Waals surface area contributed by atoms with Crippen LogP contribution in [0.15, 0.2) is 0 Å². The van der Waals surface area contributed by atoms with E-state index in [0.29, 0.717) is 0 Å². The number of carbonyl (C=O) groups excluding carboxylic acids is 1. The van der Waals surface area contributed by atoms with Gasteiger partial charge in [0.25, 0.3) is 0 Å². The van der Waals surface area contributed by atoms with Gasteiger partial charge in [0, 0.05) is 11.7 Å². The minimum absolute atomic E-state index is 0.247. The van der Waals surface area contributed by atoms with Gasteiger partial charge >= 0.3 is 5.71 Å². The van der Waals surface area contributed by atoms with Crippen LogP contribution in [0.5, 0.6) is 0 Å². The highest BCUT2D eigenvalue weighted by Crippen LogP contribution is 1.74. The number of hydrogen-bond acceptors (Lipinski definition) is 3. The Balaban J connectivity index is 3.74. The van der Waals surface area contributed by atoms with Gasteiger partial charge in [0.2, 0.25) is 0 Å². The van der Waals surface area contributed by atoms with Crippen LogP contribution in [0.4, 0.5) is 0 Å².